The standard InChI is InChI=1S/C15H14ClN3O2S/c1-11-3-5-14(6-4-11)22(20,21)19-10-13(16)7-15(19)12-8-17-18(2)9-12/h3-10H,1-2H3/i2D3. The molecule has 0 aliphatic heterocycles. The van der Waals surface area contributed by atoms with Crippen LogP contribution >= 0.6 is 11.6 Å². The number of aryl methyl sites for hydroxylation is 2. The summed E-state index contributed by atoms with van der Waals surface area (Å²) in [6, 6.07) is 7.87. The second kappa shape index (κ2) is 5.30. The lowest BCUT2D eigenvalue weighted by atomic mass is 10.2. The summed E-state index contributed by atoms with van der Waals surface area (Å²) in [6.45, 7) is -0.590. The monoisotopic (exact) mass is 338 g/mol. The first-order valence-electron chi connectivity index (χ1n) is 7.85. The molecule has 1 aromatic carbocycles. The van der Waals surface area contributed by atoms with Crippen LogP contribution in [0.25, 0.3) is 11.3 Å². The van der Waals surface area contributed by atoms with E-state index in [1.165, 1.54) is 36.8 Å². The van der Waals surface area contributed by atoms with Crippen LogP contribution in [0.3, 0.4) is 0 Å². The van der Waals surface area contributed by atoms with Gasteiger partial charge in [0.05, 0.1) is 21.8 Å². The Kier molecular flexibility index (Phi) is 2.77. The summed E-state index contributed by atoms with van der Waals surface area (Å²) in [5, 5.41) is 4.00. The van der Waals surface area contributed by atoms with E-state index in [1.54, 1.807) is 12.1 Å². The van der Waals surface area contributed by atoms with E-state index in [1.807, 2.05) is 6.92 Å². The number of halogens is 1. The van der Waals surface area contributed by atoms with Gasteiger partial charge in [-0.25, -0.2) is 12.4 Å². The summed E-state index contributed by atoms with van der Waals surface area (Å²) in [5.74, 6) is 0. The molecule has 2 aromatic heterocycles. The molecule has 0 bridgehead atoms. The average Bonchev–Trinajstić information content (AvgIpc) is 3.13. The summed E-state index contributed by atoms with van der Waals surface area (Å²) in [4.78, 5) is 0.106. The summed E-state index contributed by atoms with van der Waals surface area (Å²) < 4.78 is 49.8. The van der Waals surface area contributed by atoms with Crippen molar-refractivity contribution >= 4 is 21.6 Å². The third kappa shape index (κ3) is 2.55. The molecule has 0 N–H and O–H groups in total. The molecular formula is C15H14ClN3O2S. The molecule has 0 atom stereocenters. The van der Waals surface area contributed by atoms with Gasteiger partial charge in [-0.05, 0) is 25.1 Å². The zero-order valence-corrected chi connectivity index (χ0v) is 13.1. The number of rotatable bonds is 3. The highest BCUT2D eigenvalue weighted by Gasteiger charge is 2.22. The van der Waals surface area contributed by atoms with Crippen LogP contribution in [-0.4, -0.2) is 22.2 Å². The highest BCUT2D eigenvalue weighted by atomic mass is 35.5. The Bertz CT molecular complexity index is 1020. The molecule has 0 aliphatic rings. The van der Waals surface area contributed by atoms with Crippen LogP contribution in [-0.2, 0) is 17.0 Å². The highest BCUT2D eigenvalue weighted by Crippen LogP contribution is 2.28. The van der Waals surface area contributed by atoms with Gasteiger partial charge in [0.2, 0.25) is 0 Å². The predicted octanol–water partition coefficient (Wildman–Crippen LogP) is 3.09. The second-order valence-electron chi connectivity index (χ2n) is 4.83. The summed E-state index contributed by atoms with van der Waals surface area (Å²) in [7, 11) is -3.89. The van der Waals surface area contributed by atoms with Gasteiger partial charge in [0.1, 0.15) is 0 Å². The van der Waals surface area contributed by atoms with Gasteiger partial charge >= 0.3 is 0 Å². The van der Waals surface area contributed by atoms with Crippen LogP contribution in [0, 0.1) is 6.92 Å². The lowest BCUT2D eigenvalue weighted by molar-refractivity contribution is 0.588. The minimum atomic E-state index is -3.89. The maximum atomic E-state index is 12.9. The first-order chi connectivity index (χ1) is 11.6. The number of hydrogen-bond donors (Lipinski definition) is 0. The molecule has 2 heterocycles. The molecule has 0 spiro atoms. The van der Waals surface area contributed by atoms with Crippen LogP contribution in [0.1, 0.15) is 9.68 Å². The van der Waals surface area contributed by atoms with Crippen molar-refractivity contribution in [3.8, 4) is 11.3 Å². The lowest BCUT2D eigenvalue weighted by Gasteiger charge is -2.09. The van der Waals surface area contributed by atoms with Gasteiger partial charge in [0, 0.05) is 29.0 Å². The van der Waals surface area contributed by atoms with E-state index >= 15 is 0 Å². The highest BCUT2D eigenvalue weighted by molar-refractivity contribution is 7.90. The predicted molar refractivity (Wildman–Crippen MR) is 85.4 cm³/mol. The normalized spacial score (nSPS) is 14.4. The fourth-order valence-corrected chi connectivity index (χ4v) is 3.74. The molecule has 5 nitrogen and oxygen atoms in total. The first-order valence-corrected chi connectivity index (χ1v) is 8.16. The van der Waals surface area contributed by atoms with Crippen molar-refractivity contribution in [2.75, 3.05) is 0 Å². The third-order valence-corrected chi connectivity index (χ3v) is 5.10. The Morgan fingerprint density at radius 3 is 2.59 bits per heavy atom. The number of hydrogen-bond acceptors (Lipinski definition) is 3. The Hall–Kier alpha value is -2.05. The van der Waals surface area contributed by atoms with Crippen molar-refractivity contribution in [2.24, 2.45) is 6.98 Å². The number of nitrogens with zero attached hydrogens (tertiary/aromatic N) is 3. The van der Waals surface area contributed by atoms with Crippen LogP contribution in [0.15, 0.2) is 53.8 Å². The Morgan fingerprint density at radius 1 is 1.23 bits per heavy atom. The van der Waals surface area contributed by atoms with E-state index < -0.39 is 17.0 Å². The quantitative estimate of drug-likeness (QED) is 0.737. The van der Waals surface area contributed by atoms with Crippen molar-refractivity contribution < 1.29 is 12.5 Å². The molecule has 22 heavy (non-hydrogen) atoms. The van der Waals surface area contributed by atoms with Crippen molar-refractivity contribution in [2.45, 2.75) is 11.8 Å². The fraction of sp³-hybridized carbons (Fsp3) is 0.133. The molecule has 3 rings (SSSR count). The Morgan fingerprint density at radius 2 is 1.95 bits per heavy atom. The van der Waals surface area contributed by atoms with Crippen LogP contribution in [0.4, 0.5) is 0 Å². The molecule has 0 saturated carbocycles. The lowest BCUT2D eigenvalue weighted by Crippen LogP contribution is -2.13. The molecular weight excluding hydrogens is 322 g/mol. The SMILES string of the molecule is [2H]C([2H])([2H])n1cc(-c2cc(Cl)cn2S(=O)(=O)c2ccc(C)cc2)cn1. The zero-order valence-electron chi connectivity index (χ0n) is 14.6. The molecule has 3 aromatic rings. The summed E-state index contributed by atoms with van der Waals surface area (Å²) in [6.07, 6.45) is 3.83. The second-order valence-corrected chi connectivity index (χ2v) is 7.08. The van der Waals surface area contributed by atoms with E-state index in [4.69, 9.17) is 15.7 Å². The van der Waals surface area contributed by atoms with Crippen LogP contribution < -0.4 is 0 Å². The molecule has 0 radical (unpaired) electrons. The van der Waals surface area contributed by atoms with Gasteiger partial charge in [-0.2, -0.15) is 5.10 Å². The van der Waals surface area contributed by atoms with Gasteiger partial charge in [0.15, 0.2) is 0 Å². The number of benzene rings is 1. The van der Waals surface area contributed by atoms with E-state index in [0.29, 0.717) is 5.56 Å². The third-order valence-electron chi connectivity index (χ3n) is 3.21. The maximum absolute atomic E-state index is 12.9. The Labute approximate surface area is 138 Å². The topological polar surface area (TPSA) is 56.9 Å². The summed E-state index contributed by atoms with van der Waals surface area (Å²) >= 11 is 6.01. The van der Waals surface area contributed by atoms with Gasteiger partial charge < -0.3 is 0 Å². The molecule has 114 valence electrons. The van der Waals surface area contributed by atoms with E-state index in [2.05, 4.69) is 5.10 Å². The van der Waals surface area contributed by atoms with E-state index in [0.717, 1.165) is 14.2 Å². The molecule has 0 saturated heterocycles. The zero-order chi connectivity index (χ0) is 18.4. The number of aromatic nitrogens is 3. The average molecular weight is 339 g/mol. The van der Waals surface area contributed by atoms with Crippen LogP contribution in [0.2, 0.25) is 5.02 Å². The van der Waals surface area contributed by atoms with Crippen molar-refractivity contribution in [1.82, 2.24) is 13.8 Å². The van der Waals surface area contributed by atoms with Gasteiger partial charge in [0.25, 0.3) is 10.0 Å². The molecule has 0 fully saturated rings. The summed E-state index contributed by atoms with van der Waals surface area (Å²) in [5.41, 5.74) is 1.50. The maximum Gasteiger partial charge on any atom is 0.268 e. The van der Waals surface area contributed by atoms with Crippen molar-refractivity contribution in [1.29, 1.82) is 0 Å². The molecule has 7 heteroatoms. The fourth-order valence-electron chi connectivity index (χ4n) is 2.10. The van der Waals surface area contributed by atoms with E-state index in [-0.39, 0.29) is 15.6 Å². The van der Waals surface area contributed by atoms with Gasteiger partial charge in [-0.15, -0.1) is 0 Å². The first kappa shape index (κ1) is 11.5. The van der Waals surface area contributed by atoms with Gasteiger partial charge in [-0.3, -0.25) is 4.68 Å². The Balaban J connectivity index is 2.13. The van der Waals surface area contributed by atoms with E-state index in [9.17, 15) is 8.42 Å². The smallest absolute Gasteiger partial charge is 0.268 e. The minimum absolute atomic E-state index is 0.106. The van der Waals surface area contributed by atoms with Crippen molar-refractivity contribution in [3.63, 3.8) is 0 Å². The van der Waals surface area contributed by atoms with Crippen molar-refractivity contribution in [3.05, 3.63) is 59.5 Å². The molecule has 0 unspecified atom stereocenters. The minimum Gasteiger partial charge on any atom is -0.275 e. The largest absolute Gasteiger partial charge is 0.275 e. The molecule has 0 aliphatic carbocycles. The molecule has 0 amide bonds. The van der Waals surface area contributed by atoms with Gasteiger partial charge in [-0.1, -0.05) is 29.3 Å². The van der Waals surface area contributed by atoms with Crippen LogP contribution in [0.5, 0.6) is 0 Å².